The zero-order chi connectivity index (χ0) is 12.3. The van der Waals surface area contributed by atoms with Crippen LogP contribution in [0.15, 0.2) is 6.33 Å². The van der Waals surface area contributed by atoms with E-state index in [0.717, 1.165) is 25.9 Å². The van der Waals surface area contributed by atoms with Gasteiger partial charge in [0.1, 0.15) is 17.2 Å². The topological polar surface area (TPSA) is 84.1 Å². The zero-order valence-electron chi connectivity index (χ0n) is 9.32. The molecule has 92 valence electrons. The van der Waals surface area contributed by atoms with E-state index < -0.39 is 0 Å². The average Bonchev–Trinajstić information content (AvgIpc) is 2.84. The monoisotopic (exact) mass is 255 g/mol. The Labute approximate surface area is 104 Å². The van der Waals surface area contributed by atoms with Gasteiger partial charge in [0.25, 0.3) is 0 Å². The van der Waals surface area contributed by atoms with Crippen LogP contribution in [-0.2, 0) is 4.79 Å². The summed E-state index contributed by atoms with van der Waals surface area (Å²) in [6.07, 6.45) is 3.46. The van der Waals surface area contributed by atoms with Crippen molar-refractivity contribution in [2.45, 2.75) is 12.8 Å². The number of rotatable bonds is 3. The van der Waals surface area contributed by atoms with Crippen LogP contribution in [0.4, 0.5) is 11.6 Å². The predicted molar refractivity (Wildman–Crippen MR) is 65.8 cm³/mol. The van der Waals surface area contributed by atoms with Crippen LogP contribution in [0.1, 0.15) is 12.8 Å². The van der Waals surface area contributed by atoms with Crippen LogP contribution in [0.2, 0.25) is 5.02 Å². The summed E-state index contributed by atoms with van der Waals surface area (Å²) in [7, 11) is 0. The average molecular weight is 256 g/mol. The molecule has 1 aliphatic heterocycles. The minimum Gasteiger partial charge on any atom is -0.382 e. The maximum absolute atomic E-state index is 11.8. The number of likely N-dealkylation sites (tertiary alicyclic amines) is 1. The Hall–Kier alpha value is -1.56. The van der Waals surface area contributed by atoms with Gasteiger partial charge in [-0.15, -0.1) is 0 Å². The maximum Gasteiger partial charge on any atom is 0.241 e. The van der Waals surface area contributed by atoms with Crippen LogP contribution in [0.25, 0.3) is 0 Å². The van der Waals surface area contributed by atoms with Crippen molar-refractivity contribution >= 4 is 29.1 Å². The summed E-state index contributed by atoms with van der Waals surface area (Å²) in [5, 5.41) is 3.13. The molecule has 3 N–H and O–H groups in total. The van der Waals surface area contributed by atoms with Gasteiger partial charge >= 0.3 is 0 Å². The Morgan fingerprint density at radius 2 is 2.18 bits per heavy atom. The molecule has 7 heteroatoms. The second-order valence-electron chi connectivity index (χ2n) is 3.86. The lowest BCUT2D eigenvalue weighted by molar-refractivity contribution is -0.128. The van der Waals surface area contributed by atoms with Crippen LogP contribution < -0.4 is 11.1 Å². The number of hydrogen-bond acceptors (Lipinski definition) is 5. The molecule has 17 heavy (non-hydrogen) atoms. The first-order valence-corrected chi connectivity index (χ1v) is 5.84. The molecule has 1 fully saturated rings. The third-order valence-electron chi connectivity index (χ3n) is 2.68. The van der Waals surface area contributed by atoms with Gasteiger partial charge in [-0.25, -0.2) is 9.97 Å². The van der Waals surface area contributed by atoms with E-state index in [1.54, 1.807) is 0 Å². The molecule has 0 unspecified atom stereocenters. The standard InChI is InChI=1S/C10H14ClN5O/c11-8-9(12)14-6-15-10(8)13-5-7(17)16-3-1-2-4-16/h6H,1-5H2,(H3,12,13,14,15). The lowest BCUT2D eigenvalue weighted by Crippen LogP contribution is -2.33. The molecule has 1 aromatic heterocycles. The first kappa shape index (κ1) is 11.9. The van der Waals surface area contributed by atoms with Gasteiger partial charge in [0.05, 0.1) is 6.54 Å². The van der Waals surface area contributed by atoms with Gasteiger partial charge in [0.15, 0.2) is 5.82 Å². The normalized spacial score (nSPS) is 15.0. The van der Waals surface area contributed by atoms with Gasteiger partial charge in [-0.2, -0.15) is 0 Å². The third-order valence-corrected chi connectivity index (χ3v) is 3.05. The predicted octanol–water partition coefficient (Wildman–Crippen LogP) is 0.746. The number of nitrogens with zero attached hydrogens (tertiary/aromatic N) is 3. The van der Waals surface area contributed by atoms with E-state index in [2.05, 4.69) is 15.3 Å². The number of nitrogens with two attached hydrogens (primary N) is 1. The van der Waals surface area contributed by atoms with Crippen molar-refractivity contribution in [1.82, 2.24) is 14.9 Å². The second-order valence-corrected chi connectivity index (χ2v) is 4.24. The molecule has 0 saturated carbocycles. The zero-order valence-corrected chi connectivity index (χ0v) is 10.1. The molecular weight excluding hydrogens is 242 g/mol. The molecule has 0 radical (unpaired) electrons. The SMILES string of the molecule is Nc1ncnc(NCC(=O)N2CCCC2)c1Cl. The Morgan fingerprint density at radius 3 is 2.88 bits per heavy atom. The summed E-state index contributed by atoms with van der Waals surface area (Å²) in [6.45, 7) is 1.84. The molecule has 2 heterocycles. The molecule has 0 atom stereocenters. The van der Waals surface area contributed by atoms with Crippen molar-refractivity contribution in [1.29, 1.82) is 0 Å². The quantitative estimate of drug-likeness (QED) is 0.833. The molecule has 6 nitrogen and oxygen atoms in total. The molecule has 0 aliphatic carbocycles. The number of anilines is 2. The van der Waals surface area contributed by atoms with Gasteiger partial charge in [-0.3, -0.25) is 4.79 Å². The minimum atomic E-state index is 0.0516. The Bertz CT molecular complexity index is 419. The summed E-state index contributed by atoms with van der Waals surface area (Å²) in [5.74, 6) is 0.653. The highest BCUT2D eigenvalue weighted by atomic mass is 35.5. The molecular formula is C10H14ClN5O. The van der Waals surface area contributed by atoms with Crippen molar-refractivity contribution in [3.63, 3.8) is 0 Å². The van der Waals surface area contributed by atoms with Gasteiger partial charge in [0, 0.05) is 13.1 Å². The highest BCUT2D eigenvalue weighted by Gasteiger charge is 2.18. The van der Waals surface area contributed by atoms with E-state index in [4.69, 9.17) is 17.3 Å². The fourth-order valence-corrected chi connectivity index (χ4v) is 1.91. The van der Waals surface area contributed by atoms with Crippen molar-refractivity contribution in [2.24, 2.45) is 0 Å². The van der Waals surface area contributed by atoms with Crippen molar-refractivity contribution in [3.05, 3.63) is 11.3 Å². The van der Waals surface area contributed by atoms with E-state index >= 15 is 0 Å². The number of carbonyl (C=O) groups excluding carboxylic acids is 1. The van der Waals surface area contributed by atoms with Crippen LogP contribution >= 0.6 is 11.6 Å². The van der Waals surface area contributed by atoms with Crippen molar-refractivity contribution in [2.75, 3.05) is 30.7 Å². The second kappa shape index (κ2) is 5.18. The fourth-order valence-electron chi connectivity index (χ4n) is 1.74. The molecule has 1 aliphatic rings. The Balaban J connectivity index is 1.93. The summed E-state index contributed by atoms with van der Waals surface area (Å²) in [4.78, 5) is 21.3. The molecule has 1 aromatic rings. The first-order valence-electron chi connectivity index (χ1n) is 5.46. The number of carbonyl (C=O) groups is 1. The molecule has 0 bridgehead atoms. The van der Waals surface area contributed by atoms with E-state index in [1.807, 2.05) is 4.90 Å². The lowest BCUT2D eigenvalue weighted by Gasteiger charge is -2.16. The van der Waals surface area contributed by atoms with E-state index in [9.17, 15) is 4.79 Å². The number of halogens is 1. The van der Waals surface area contributed by atoms with Gasteiger partial charge in [-0.1, -0.05) is 11.6 Å². The minimum absolute atomic E-state index is 0.0516. The summed E-state index contributed by atoms with van der Waals surface area (Å²) >= 11 is 5.90. The highest BCUT2D eigenvalue weighted by molar-refractivity contribution is 6.35. The lowest BCUT2D eigenvalue weighted by atomic mass is 10.4. The summed E-state index contributed by atoms with van der Waals surface area (Å²) in [6, 6.07) is 0. The number of hydrogen-bond donors (Lipinski definition) is 2. The summed E-state index contributed by atoms with van der Waals surface area (Å²) < 4.78 is 0. The largest absolute Gasteiger partial charge is 0.382 e. The summed E-state index contributed by atoms with van der Waals surface area (Å²) in [5.41, 5.74) is 5.53. The van der Waals surface area contributed by atoms with Crippen LogP contribution in [0, 0.1) is 0 Å². The van der Waals surface area contributed by atoms with Crippen LogP contribution in [-0.4, -0.2) is 40.4 Å². The van der Waals surface area contributed by atoms with E-state index in [-0.39, 0.29) is 23.3 Å². The van der Waals surface area contributed by atoms with Crippen LogP contribution in [0.5, 0.6) is 0 Å². The van der Waals surface area contributed by atoms with E-state index in [0.29, 0.717) is 5.82 Å². The van der Waals surface area contributed by atoms with Crippen molar-refractivity contribution < 1.29 is 4.79 Å². The number of aromatic nitrogens is 2. The molecule has 0 spiro atoms. The van der Waals surface area contributed by atoms with Gasteiger partial charge in [0.2, 0.25) is 5.91 Å². The maximum atomic E-state index is 11.8. The molecule has 1 amide bonds. The number of amides is 1. The molecule has 1 saturated heterocycles. The molecule has 2 rings (SSSR count). The van der Waals surface area contributed by atoms with Gasteiger partial charge in [-0.05, 0) is 12.8 Å². The third kappa shape index (κ3) is 2.76. The molecule has 0 aromatic carbocycles. The van der Waals surface area contributed by atoms with Gasteiger partial charge < -0.3 is 16.0 Å². The van der Waals surface area contributed by atoms with Crippen molar-refractivity contribution in [3.8, 4) is 0 Å². The fraction of sp³-hybridized carbons (Fsp3) is 0.500. The highest BCUT2D eigenvalue weighted by Crippen LogP contribution is 2.22. The Kier molecular flexibility index (Phi) is 3.63. The number of nitrogen functional groups attached to an aromatic ring is 1. The van der Waals surface area contributed by atoms with E-state index in [1.165, 1.54) is 6.33 Å². The van der Waals surface area contributed by atoms with Crippen LogP contribution in [0.3, 0.4) is 0 Å². The smallest absolute Gasteiger partial charge is 0.241 e. The first-order chi connectivity index (χ1) is 8.18. The number of nitrogens with one attached hydrogen (secondary N) is 1. The Morgan fingerprint density at radius 1 is 1.47 bits per heavy atom.